The number of amides is 1. The fraction of sp³-hybridized carbons (Fsp3) is 0.412. The maximum Gasteiger partial charge on any atom is 0.287 e. The zero-order valence-electron chi connectivity index (χ0n) is 13.6. The highest BCUT2D eigenvalue weighted by molar-refractivity contribution is 5.91. The molecule has 6 nitrogen and oxygen atoms in total. The third kappa shape index (κ3) is 5.64. The zero-order valence-corrected chi connectivity index (χ0v) is 13.6. The molecular formula is C17H21N3O3. The van der Waals surface area contributed by atoms with Crippen molar-refractivity contribution in [2.45, 2.75) is 32.3 Å². The Morgan fingerprint density at radius 2 is 2.26 bits per heavy atom. The van der Waals surface area contributed by atoms with E-state index < -0.39 is 5.60 Å². The van der Waals surface area contributed by atoms with Gasteiger partial charge in [-0.2, -0.15) is 5.10 Å². The summed E-state index contributed by atoms with van der Waals surface area (Å²) in [6.45, 7) is 3.72. The Morgan fingerprint density at radius 3 is 2.91 bits per heavy atom. The van der Waals surface area contributed by atoms with Crippen LogP contribution in [0.3, 0.4) is 0 Å². The predicted molar refractivity (Wildman–Crippen MR) is 85.7 cm³/mol. The van der Waals surface area contributed by atoms with Crippen molar-refractivity contribution < 1.29 is 14.3 Å². The fourth-order valence-electron chi connectivity index (χ4n) is 1.92. The molecule has 2 aromatic heterocycles. The number of rotatable bonds is 5. The monoisotopic (exact) mass is 315 g/mol. The standard InChI is InChI=1S/C17H21N3O3/c1-17(2,22)9-8-14-6-7-15(23-14)16(21)18-10-4-5-13-11-19-20(3)12-13/h6-7,11-12,22H,4-5,10H2,1-3H3,(H,18,21). The molecule has 122 valence electrons. The summed E-state index contributed by atoms with van der Waals surface area (Å²) in [4.78, 5) is 12.0. The Labute approximate surface area is 135 Å². The first kappa shape index (κ1) is 16.8. The molecule has 0 unspecified atom stereocenters. The van der Waals surface area contributed by atoms with Crippen LogP contribution in [0.25, 0.3) is 0 Å². The summed E-state index contributed by atoms with van der Waals surface area (Å²) in [5.41, 5.74) is 0.0468. The lowest BCUT2D eigenvalue weighted by Gasteiger charge is -2.05. The van der Waals surface area contributed by atoms with Crippen LogP contribution in [0.4, 0.5) is 0 Å². The number of nitrogens with zero attached hydrogens (tertiary/aromatic N) is 2. The molecule has 2 heterocycles. The summed E-state index contributed by atoms with van der Waals surface area (Å²) < 4.78 is 7.11. The Kier molecular flexibility index (Phi) is 5.24. The van der Waals surface area contributed by atoms with E-state index in [1.54, 1.807) is 30.7 Å². The Hall–Kier alpha value is -2.52. The van der Waals surface area contributed by atoms with Crippen molar-refractivity contribution in [2.75, 3.05) is 6.54 Å². The number of aryl methyl sites for hydroxylation is 2. The maximum atomic E-state index is 12.0. The summed E-state index contributed by atoms with van der Waals surface area (Å²) in [5.74, 6) is 5.63. The van der Waals surface area contributed by atoms with Gasteiger partial charge in [0.05, 0.1) is 6.20 Å². The van der Waals surface area contributed by atoms with Crippen LogP contribution in [-0.4, -0.2) is 32.9 Å². The summed E-state index contributed by atoms with van der Waals surface area (Å²) >= 11 is 0. The van der Waals surface area contributed by atoms with Crippen LogP contribution in [0.1, 0.15) is 42.1 Å². The number of hydrogen-bond donors (Lipinski definition) is 2. The lowest BCUT2D eigenvalue weighted by atomic mass is 10.1. The van der Waals surface area contributed by atoms with Crippen molar-refractivity contribution in [3.8, 4) is 11.8 Å². The number of furan rings is 1. The average Bonchev–Trinajstić information content (AvgIpc) is 3.09. The van der Waals surface area contributed by atoms with Crippen molar-refractivity contribution in [1.82, 2.24) is 15.1 Å². The van der Waals surface area contributed by atoms with Gasteiger partial charge in [0.15, 0.2) is 11.5 Å². The van der Waals surface area contributed by atoms with E-state index in [2.05, 4.69) is 22.3 Å². The molecule has 0 bridgehead atoms. The van der Waals surface area contributed by atoms with Crippen molar-refractivity contribution in [2.24, 2.45) is 7.05 Å². The number of carbonyl (C=O) groups is 1. The molecule has 23 heavy (non-hydrogen) atoms. The van der Waals surface area contributed by atoms with Crippen LogP contribution in [0.2, 0.25) is 0 Å². The second-order valence-corrected chi connectivity index (χ2v) is 5.85. The van der Waals surface area contributed by atoms with E-state index in [0.717, 1.165) is 18.4 Å². The van der Waals surface area contributed by atoms with Gasteiger partial charge in [-0.3, -0.25) is 9.48 Å². The molecule has 6 heteroatoms. The molecule has 2 rings (SSSR count). The first-order valence-corrected chi connectivity index (χ1v) is 7.44. The molecule has 0 aromatic carbocycles. The van der Waals surface area contributed by atoms with E-state index >= 15 is 0 Å². The lowest BCUT2D eigenvalue weighted by Crippen LogP contribution is -2.24. The molecule has 0 aliphatic rings. The van der Waals surface area contributed by atoms with Gasteiger partial charge >= 0.3 is 0 Å². The Morgan fingerprint density at radius 1 is 1.48 bits per heavy atom. The van der Waals surface area contributed by atoms with Crippen LogP contribution in [-0.2, 0) is 13.5 Å². The molecule has 0 atom stereocenters. The van der Waals surface area contributed by atoms with E-state index in [1.165, 1.54) is 0 Å². The normalized spacial score (nSPS) is 11.0. The van der Waals surface area contributed by atoms with Gasteiger partial charge in [-0.05, 0) is 50.3 Å². The van der Waals surface area contributed by atoms with Crippen LogP contribution in [0.15, 0.2) is 28.9 Å². The van der Waals surface area contributed by atoms with Crippen LogP contribution < -0.4 is 5.32 Å². The fourth-order valence-corrected chi connectivity index (χ4v) is 1.92. The minimum absolute atomic E-state index is 0.214. The molecule has 0 radical (unpaired) electrons. The number of nitrogens with one attached hydrogen (secondary N) is 1. The molecular weight excluding hydrogens is 294 g/mol. The lowest BCUT2D eigenvalue weighted by molar-refractivity contribution is 0.0925. The van der Waals surface area contributed by atoms with Crippen molar-refractivity contribution in [3.63, 3.8) is 0 Å². The number of carbonyl (C=O) groups excluding carboxylic acids is 1. The number of aliphatic hydroxyl groups is 1. The molecule has 1 amide bonds. The SMILES string of the molecule is Cn1cc(CCCNC(=O)c2ccc(C#CC(C)(C)O)o2)cn1. The van der Waals surface area contributed by atoms with Crippen LogP contribution in [0.5, 0.6) is 0 Å². The van der Waals surface area contributed by atoms with Gasteiger partial charge < -0.3 is 14.8 Å². The van der Waals surface area contributed by atoms with Crippen molar-refractivity contribution >= 4 is 5.91 Å². The van der Waals surface area contributed by atoms with E-state index in [0.29, 0.717) is 12.3 Å². The Balaban J connectivity index is 1.79. The number of hydrogen-bond acceptors (Lipinski definition) is 4. The van der Waals surface area contributed by atoms with E-state index in [-0.39, 0.29) is 11.7 Å². The topological polar surface area (TPSA) is 80.3 Å². The largest absolute Gasteiger partial charge is 0.443 e. The van der Waals surface area contributed by atoms with Crippen molar-refractivity contribution in [1.29, 1.82) is 0 Å². The van der Waals surface area contributed by atoms with Gasteiger partial charge in [0.25, 0.3) is 5.91 Å². The summed E-state index contributed by atoms with van der Waals surface area (Å²) in [7, 11) is 1.88. The third-order valence-electron chi connectivity index (χ3n) is 3.01. The maximum absolute atomic E-state index is 12.0. The van der Waals surface area contributed by atoms with Crippen LogP contribution >= 0.6 is 0 Å². The highest BCUT2D eigenvalue weighted by atomic mass is 16.3. The minimum Gasteiger partial charge on any atom is -0.443 e. The van der Waals surface area contributed by atoms with E-state index in [1.807, 2.05) is 19.4 Å². The average molecular weight is 315 g/mol. The first-order chi connectivity index (χ1) is 10.8. The second-order valence-electron chi connectivity index (χ2n) is 5.85. The molecule has 2 aromatic rings. The molecule has 0 aliphatic heterocycles. The molecule has 0 saturated heterocycles. The van der Waals surface area contributed by atoms with E-state index in [4.69, 9.17) is 4.42 Å². The van der Waals surface area contributed by atoms with Gasteiger partial charge in [0.1, 0.15) is 5.60 Å². The van der Waals surface area contributed by atoms with Crippen LogP contribution in [0, 0.1) is 11.8 Å². The smallest absolute Gasteiger partial charge is 0.287 e. The summed E-state index contributed by atoms with van der Waals surface area (Å²) in [6.07, 6.45) is 5.46. The molecule has 0 saturated carbocycles. The first-order valence-electron chi connectivity index (χ1n) is 7.44. The quantitative estimate of drug-likeness (QED) is 0.647. The third-order valence-corrected chi connectivity index (χ3v) is 3.01. The summed E-state index contributed by atoms with van der Waals surface area (Å²) in [6, 6.07) is 3.19. The van der Waals surface area contributed by atoms with E-state index in [9.17, 15) is 9.90 Å². The predicted octanol–water partition coefficient (Wildman–Crippen LogP) is 1.50. The second kappa shape index (κ2) is 7.16. The molecule has 0 fully saturated rings. The van der Waals surface area contributed by atoms with Gasteiger partial charge in [-0.15, -0.1) is 0 Å². The molecule has 2 N–H and O–H groups in total. The summed E-state index contributed by atoms with van der Waals surface area (Å²) in [5, 5.41) is 16.4. The van der Waals surface area contributed by atoms with Gasteiger partial charge in [0.2, 0.25) is 0 Å². The van der Waals surface area contributed by atoms with Gasteiger partial charge in [0, 0.05) is 19.8 Å². The van der Waals surface area contributed by atoms with Crippen molar-refractivity contribution in [3.05, 3.63) is 41.6 Å². The Bertz CT molecular complexity index is 726. The highest BCUT2D eigenvalue weighted by Gasteiger charge is 2.11. The van der Waals surface area contributed by atoms with Gasteiger partial charge in [-0.25, -0.2) is 0 Å². The van der Waals surface area contributed by atoms with Gasteiger partial charge in [-0.1, -0.05) is 5.92 Å². The number of aromatic nitrogens is 2. The zero-order chi connectivity index (χ0) is 16.9. The molecule has 0 aliphatic carbocycles. The molecule has 0 spiro atoms. The minimum atomic E-state index is -1.10. The highest BCUT2D eigenvalue weighted by Crippen LogP contribution is 2.08.